The van der Waals surface area contributed by atoms with Crippen molar-refractivity contribution < 1.29 is 19.8 Å². The van der Waals surface area contributed by atoms with Crippen LogP contribution in [0.4, 0.5) is 4.79 Å². The third-order valence-corrected chi connectivity index (χ3v) is 3.02. The molecule has 0 spiro atoms. The molecule has 2 atom stereocenters. The van der Waals surface area contributed by atoms with Crippen LogP contribution in [0, 0.1) is 0 Å². The molecule has 98 valence electrons. The molecule has 0 aliphatic carbocycles. The SMILES string of the molecule is CCN(C(=O)N1CC(O)CC1C(=O)O)C(C)C. The summed E-state index contributed by atoms with van der Waals surface area (Å²) in [5.74, 6) is -1.06. The zero-order valence-corrected chi connectivity index (χ0v) is 10.5. The smallest absolute Gasteiger partial charge is 0.326 e. The first-order chi connectivity index (χ1) is 7.88. The van der Waals surface area contributed by atoms with E-state index < -0.39 is 18.1 Å². The van der Waals surface area contributed by atoms with Crippen LogP contribution in [-0.2, 0) is 4.79 Å². The van der Waals surface area contributed by atoms with Crippen LogP contribution in [0.3, 0.4) is 0 Å². The van der Waals surface area contributed by atoms with Crippen LogP contribution in [-0.4, -0.2) is 63.3 Å². The zero-order chi connectivity index (χ0) is 13.2. The van der Waals surface area contributed by atoms with Crippen molar-refractivity contribution in [1.82, 2.24) is 9.80 Å². The number of hydrogen-bond acceptors (Lipinski definition) is 3. The lowest BCUT2D eigenvalue weighted by molar-refractivity contribution is -0.141. The van der Waals surface area contributed by atoms with E-state index in [0.717, 1.165) is 0 Å². The summed E-state index contributed by atoms with van der Waals surface area (Å²) in [6.45, 7) is 6.22. The van der Waals surface area contributed by atoms with Gasteiger partial charge in [-0.25, -0.2) is 9.59 Å². The van der Waals surface area contributed by atoms with Gasteiger partial charge < -0.3 is 20.0 Å². The maximum absolute atomic E-state index is 12.2. The van der Waals surface area contributed by atoms with Crippen LogP contribution in [0.1, 0.15) is 27.2 Å². The van der Waals surface area contributed by atoms with Crippen molar-refractivity contribution in [1.29, 1.82) is 0 Å². The van der Waals surface area contributed by atoms with Crippen LogP contribution in [0.15, 0.2) is 0 Å². The quantitative estimate of drug-likeness (QED) is 0.751. The van der Waals surface area contributed by atoms with Crippen molar-refractivity contribution in [2.24, 2.45) is 0 Å². The molecule has 6 nitrogen and oxygen atoms in total. The molecular weight excluding hydrogens is 224 g/mol. The second-order valence-corrected chi connectivity index (χ2v) is 4.56. The van der Waals surface area contributed by atoms with E-state index in [1.54, 1.807) is 4.90 Å². The van der Waals surface area contributed by atoms with Gasteiger partial charge in [0.1, 0.15) is 6.04 Å². The minimum absolute atomic E-state index is 0.0136. The van der Waals surface area contributed by atoms with Gasteiger partial charge in [-0.15, -0.1) is 0 Å². The Morgan fingerprint density at radius 3 is 2.47 bits per heavy atom. The van der Waals surface area contributed by atoms with Gasteiger partial charge in [0.05, 0.1) is 6.10 Å². The number of carboxylic acids is 1. The van der Waals surface area contributed by atoms with E-state index in [1.165, 1.54) is 4.90 Å². The molecule has 0 aromatic carbocycles. The second kappa shape index (κ2) is 5.35. The monoisotopic (exact) mass is 244 g/mol. The number of β-amino-alcohol motifs (C(OH)–C–C–N with tert-alkyl or cyclic N) is 1. The molecule has 2 amide bonds. The molecule has 1 saturated heterocycles. The Hall–Kier alpha value is -1.30. The van der Waals surface area contributed by atoms with Gasteiger partial charge in [-0.05, 0) is 20.8 Å². The highest BCUT2D eigenvalue weighted by Gasteiger charge is 2.40. The largest absolute Gasteiger partial charge is 0.480 e. The summed E-state index contributed by atoms with van der Waals surface area (Å²) in [5.41, 5.74) is 0. The standard InChI is InChI=1S/C11H20N2O4/c1-4-12(7(2)3)11(17)13-6-8(14)5-9(13)10(15)16/h7-9,14H,4-6H2,1-3H3,(H,15,16). The van der Waals surface area contributed by atoms with Gasteiger partial charge in [0.15, 0.2) is 0 Å². The van der Waals surface area contributed by atoms with E-state index in [0.29, 0.717) is 6.54 Å². The first kappa shape index (κ1) is 13.8. The lowest BCUT2D eigenvalue weighted by Gasteiger charge is -2.32. The minimum atomic E-state index is -1.06. The summed E-state index contributed by atoms with van der Waals surface area (Å²) in [4.78, 5) is 26.0. The Morgan fingerprint density at radius 1 is 1.47 bits per heavy atom. The highest BCUT2D eigenvalue weighted by atomic mass is 16.4. The van der Waals surface area contributed by atoms with Crippen LogP contribution in [0.25, 0.3) is 0 Å². The summed E-state index contributed by atoms with van der Waals surface area (Å²) in [6, 6.07) is -1.21. The van der Waals surface area contributed by atoms with E-state index in [2.05, 4.69) is 0 Å². The van der Waals surface area contributed by atoms with Crippen LogP contribution in [0.2, 0.25) is 0 Å². The molecule has 1 heterocycles. The Morgan fingerprint density at radius 2 is 2.06 bits per heavy atom. The van der Waals surface area contributed by atoms with Crippen molar-refractivity contribution in [3.8, 4) is 0 Å². The number of rotatable bonds is 3. The predicted molar refractivity (Wildman–Crippen MR) is 61.7 cm³/mol. The van der Waals surface area contributed by atoms with Crippen LogP contribution in [0.5, 0.6) is 0 Å². The maximum Gasteiger partial charge on any atom is 0.326 e. The number of nitrogens with zero attached hydrogens (tertiary/aromatic N) is 2. The summed E-state index contributed by atoms with van der Waals surface area (Å²) >= 11 is 0. The van der Waals surface area contributed by atoms with Gasteiger partial charge in [0.2, 0.25) is 0 Å². The molecule has 0 aromatic rings. The molecule has 17 heavy (non-hydrogen) atoms. The highest BCUT2D eigenvalue weighted by Crippen LogP contribution is 2.20. The number of amides is 2. The summed E-state index contributed by atoms with van der Waals surface area (Å²) in [5, 5.41) is 18.5. The number of likely N-dealkylation sites (tertiary alicyclic amines) is 1. The van der Waals surface area contributed by atoms with E-state index >= 15 is 0 Å². The third kappa shape index (κ3) is 2.88. The van der Waals surface area contributed by atoms with Crippen LogP contribution >= 0.6 is 0 Å². The number of aliphatic hydroxyl groups is 1. The number of carboxylic acid groups (broad SMARTS) is 1. The fourth-order valence-corrected chi connectivity index (χ4v) is 2.15. The van der Waals surface area contributed by atoms with Gasteiger partial charge in [-0.2, -0.15) is 0 Å². The Bertz CT molecular complexity index is 306. The van der Waals surface area contributed by atoms with Gasteiger partial charge in [-0.3, -0.25) is 0 Å². The highest BCUT2D eigenvalue weighted by molar-refractivity contribution is 5.83. The fraction of sp³-hybridized carbons (Fsp3) is 0.818. The molecule has 2 N–H and O–H groups in total. The van der Waals surface area contributed by atoms with Crippen molar-refractivity contribution in [2.45, 2.75) is 45.4 Å². The van der Waals surface area contributed by atoms with Crippen molar-refractivity contribution >= 4 is 12.0 Å². The molecule has 1 rings (SSSR count). The first-order valence-electron chi connectivity index (χ1n) is 5.86. The van der Waals surface area contributed by atoms with Crippen molar-refractivity contribution in [3.05, 3.63) is 0 Å². The van der Waals surface area contributed by atoms with E-state index in [1.807, 2.05) is 20.8 Å². The molecule has 6 heteroatoms. The third-order valence-electron chi connectivity index (χ3n) is 3.02. The number of hydrogen-bond donors (Lipinski definition) is 2. The normalized spacial score (nSPS) is 24.2. The Kier molecular flexibility index (Phi) is 4.34. The molecule has 1 aliphatic rings. The second-order valence-electron chi connectivity index (χ2n) is 4.56. The molecule has 0 saturated carbocycles. The molecule has 1 aliphatic heterocycles. The van der Waals surface area contributed by atoms with Crippen molar-refractivity contribution in [3.63, 3.8) is 0 Å². The molecule has 0 bridgehead atoms. The summed E-state index contributed by atoms with van der Waals surface area (Å²) in [7, 11) is 0. The van der Waals surface area contributed by atoms with Crippen molar-refractivity contribution in [2.75, 3.05) is 13.1 Å². The lowest BCUT2D eigenvalue weighted by Crippen LogP contribution is -2.50. The maximum atomic E-state index is 12.2. The number of aliphatic hydroxyl groups excluding tert-OH is 1. The lowest BCUT2D eigenvalue weighted by atomic mass is 10.2. The molecule has 2 unspecified atom stereocenters. The van der Waals surface area contributed by atoms with Gasteiger partial charge in [0.25, 0.3) is 0 Å². The fourth-order valence-electron chi connectivity index (χ4n) is 2.15. The number of carbonyl (C=O) groups is 2. The molecule has 1 fully saturated rings. The topological polar surface area (TPSA) is 81.1 Å². The number of carbonyl (C=O) groups excluding carboxylic acids is 1. The van der Waals surface area contributed by atoms with E-state index in [-0.39, 0.29) is 25.0 Å². The van der Waals surface area contributed by atoms with E-state index in [4.69, 9.17) is 5.11 Å². The molecule has 0 radical (unpaired) electrons. The number of urea groups is 1. The van der Waals surface area contributed by atoms with Gasteiger partial charge in [-0.1, -0.05) is 0 Å². The Balaban J connectivity index is 2.83. The summed E-state index contributed by atoms with van der Waals surface area (Å²) in [6.07, 6.45) is -0.637. The zero-order valence-electron chi connectivity index (χ0n) is 10.5. The van der Waals surface area contributed by atoms with E-state index in [9.17, 15) is 14.7 Å². The average Bonchev–Trinajstić information content (AvgIpc) is 2.60. The average molecular weight is 244 g/mol. The summed E-state index contributed by atoms with van der Waals surface area (Å²) < 4.78 is 0. The van der Waals surface area contributed by atoms with Gasteiger partial charge in [0, 0.05) is 25.6 Å². The van der Waals surface area contributed by atoms with Gasteiger partial charge >= 0.3 is 12.0 Å². The molecular formula is C11H20N2O4. The predicted octanol–water partition coefficient (Wildman–Crippen LogP) is 0.357. The number of aliphatic carboxylic acids is 1. The Labute approximate surface area is 101 Å². The van der Waals surface area contributed by atoms with Crippen LogP contribution < -0.4 is 0 Å². The molecule has 0 aromatic heterocycles. The first-order valence-corrected chi connectivity index (χ1v) is 5.86. The minimum Gasteiger partial charge on any atom is -0.480 e.